The van der Waals surface area contributed by atoms with Crippen molar-refractivity contribution < 1.29 is 14.3 Å². The third kappa shape index (κ3) is 5.80. The Morgan fingerprint density at radius 2 is 1.65 bits per heavy atom. The third-order valence-electron chi connectivity index (χ3n) is 6.55. The number of ether oxygens (including phenoxy) is 2. The summed E-state index contributed by atoms with van der Waals surface area (Å²) in [4.78, 5) is 22.3. The Morgan fingerprint density at radius 3 is 2.33 bits per heavy atom. The molecule has 0 radical (unpaired) electrons. The Kier molecular flexibility index (Phi) is 7.78. The zero-order chi connectivity index (χ0) is 28.6. The summed E-state index contributed by atoms with van der Waals surface area (Å²) in [6.07, 6.45) is 1.03. The van der Waals surface area contributed by atoms with E-state index in [0.717, 1.165) is 54.2 Å². The first kappa shape index (κ1) is 28.0. The van der Waals surface area contributed by atoms with E-state index in [1.807, 2.05) is 70.2 Å². The molecular formula is C33H31ClN2O3S. The molecule has 0 unspecified atom stereocenters. The minimum atomic E-state index is -0.717. The van der Waals surface area contributed by atoms with Crippen LogP contribution in [0.2, 0.25) is 5.02 Å². The normalized spacial score (nSPS) is 12.5. The maximum atomic E-state index is 13.0. The summed E-state index contributed by atoms with van der Waals surface area (Å²) in [7, 11) is 1.61. The molecule has 0 saturated carbocycles. The van der Waals surface area contributed by atoms with Crippen molar-refractivity contribution in [3.8, 4) is 38.7 Å². The predicted octanol–water partition coefficient (Wildman–Crippen LogP) is 9.11. The van der Waals surface area contributed by atoms with E-state index in [2.05, 4.69) is 29.2 Å². The van der Waals surface area contributed by atoms with E-state index in [1.165, 1.54) is 0 Å². The van der Waals surface area contributed by atoms with E-state index in [-0.39, 0.29) is 5.78 Å². The van der Waals surface area contributed by atoms with Gasteiger partial charge in [-0.2, -0.15) is 0 Å². The molecule has 204 valence electrons. The van der Waals surface area contributed by atoms with Gasteiger partial charge in [-0.15, -0.1) is 11.3 Å². The first-order valence-corrected chi connectivity index (χ1v) is 14.2. The summed E-state index contributed by atoms with van der Waals surface area (Å²) < 4.78 is 12.7. The lowest BCUT2D eigenvalue weighted by Crippen LogP contribution is -2.27. The molecule has 0 bridgehead atoms. The van der Waals surface area contributed by atoms with Crippen molar-refractivity contribution in [2.75, 3.05) is 7.11 Å². The second-order valence-corrected chi connectivity index (χ2v) is 12.2. The molecular weight excluding hydrogens is 540 g/mol. The zero-order valence-electron chi connectivity index (χ0n) is 23.4. The van der Waals surface area contributed by atoms with E-state index >= 15 is 0 Å². The molecule has 5 nitrogen and oxygen atoms in total. The van der Waals surface area contributed by atoms with Crippen LogP contribution in [0.5, 0.6) is 5.88 Å². The van der Waals surface area contributed by atoms with Crippen LogP contribution in [-0.4, -0.2) is 28.5 Å². The van der Waals surface area contributed by atoms with Gasteiger partial charge in [-0.25, -0.2) is 9.97 Å². The fourth-order valence-electron chi connectivity index (χ4n) is 4.81. The zero-order valence-corrected chi connectivity index (χ0v) is 25.0. The number of benzene rings is 3. The summed E-state index contributed by atoms with van der Waals surface area (Å²) in [6, 6.07) is 22.0. The molecule has 0 fully saturated rings. The highest BCUT2D eigenvalue weighted by Gasteiger charge is 2.30. The van der Waals surface area contributed by atoms with Crippen LogP contribution in [-0.2, 0) is 9.53 Å². The summed E-state index contributed by atoms with van der Waals surface area (Å²) in [5, 5.41) is 1.54. The first-order valence-electron chi connectivity index (χ1n) is 13.0. The van der Waals surface area contributed by atoms with Gasteiger partial charge in [-0.1, -0.05) is 41.9 Å². The molecule has 0 saturated heterocycles. The fraction of sp³-hybridized carbons (Fsp3) is 0.242. The molecule has 0 N–H and O–H groups in total. The number of pyridine rings is 1. The number of hydrogen-bond acceptors (Lipinski definition) is 6. The van der Waals surface area contributed by atoms with E-state index in [1.54, 1.807) is 31.6 Å². The molecule has 0 spiro atoms. The van der Waals surface area contributed by atoms with Crippen molar-refractivity contribution in [3.05, 3.63) is 89.1 Å². The first-order chi connectivity index (χ1) is 19.0. The molecule has 0 amide bonds. The highest BCUT2D eigenvalue weighted by Crippen LogP contribution is 2.44. The number of halogens is 1. The summed E-state index contributed by atoms with van der Waals surface area (Å²) in [5.41, 5.74) is 7.16. The number of ketones is 1. The molecule has 3 aromatic carbocycles. The molecule has 1 atom stereocenters. The summed E-state index contributed by atoms with van der Waals surface area (Å²) in [6.45, 7) is 9.51. The van der Waals surface area contributed by atoms with Gasteiger partial charge in [0.25, 0.3) is 0 Å². The highest BCUT2D eigenvalue weighted by molar-refractivity contribution is 7.22. The molecule has 5 rings (SSSR count). The number of carbonyl (C=O) groups is 1. The molecule has 5 aromatic rings. The number of methoxy groups -OCH3 is 1. The standard InChI is InChI=1S/C33H31ClN2O3S/c1-19-16-26-31(29(21-10-12-25(34)13-11-21)28(19)30(20(2)37)39-33(3,4)5)40-32(36-26)24-9-7-8-22(17-24)23-14-15-35-27(18-23)38-6/h7-18,30H,1-6H3/t30-/m1/s1. The molecule has 0 aliphatic rings. The Labute approximate surface area is 243 Å². The number of rotatable bonds is 7. The van der Waals surface area contributed by atoms with E-state index < -0.39 is 11.7 Å². The van der Waals surface area contributed by atoms with Crippen LogP contribution in [0.3, 0.4) is 0 Å². The summed E-state index contributed by atoms with van der Waals surface area (Å²) >= 11 is 7.87. The Hall–Kier alpha value is -3.58. The van der Waals surface area contributed by atoms with Crippen molar-refractivity contribution in [1.82, 2.24) is 9.97 Å². The number of aromatic nitrogens is 2. The molecule has 0 aliphatic carbocycles. The van der Waals surface area contributed by atoms with Gasteiger partial charge >= 0.3 is 0 Å². The van der Waals surface area contributed by atoms with Gasteiger partial charge in [0.2, 0.25) is 5.88 Å². The van der Waals surface area contributed by atoms with E-state index in [9.17, 15) is 4.79 Å². The van der Waals surface area contributed by atoms with E-state index in [4.69, 9.17) is 26.1 Å². The van der Waals surface area contributed by atoms with Crippen LogP contribution in [0.25, 0.3) is 43.0 Å². The van der Waals surface area contributed by atoms with Gasteiger partial charge in [-0.05, 0) is 87.2 Å². The van der Waals surface area contributed by atoms with Gasteiger partial charge in [0, 0.05) is 34.0 Å². The predicted molar refractivity (Wildman–Crippen MR) is 164 cm³/mol. The monoisotopic (exact) mass is 570 g/mol. The SMILES string of the molecule is COc1cc(-c2cccc(-c3nc4cc(C)c([C@H](OC(C)(C)C)C(C)=O)c(-c5ccc(Cl)cc5)c4s3)c2)ccn1. The smallest absolute Gasteiger partial charge is 0.213 e. The molecule has 40 heavy (non-hydrogen) atoms. The molecule has 2 heterocycles. The average molecular weight is 571 g/mol. The lowest BCUT2D eigenvalue weighted by atomic mass is 9.90. The molecule has 2 aromatic heterocycles. The van der Waals surface area contributed by atoms with Gasteiger partial charge < -0.3 is 9.47 Å². The third-order valence-corrected chi connectivity index (χ3v) is 7.94. The Balaban J connectivity index is 1.72. The van der Waals surface area contributed by atoms with Crippen molar-refractivity contribution in [1.29, 1.82) is 0 Å². The van der Waals surface area contributed by atoms with E-state index in [0.29, 0.717) is 10.9 Å². The lowest BCUT2D eigenvalue weighted by molar-refractivity contribution is -0.138. The van der Waals surface area contributed by atoms with Crippen LogP contribution in [0.4, 0.5) is 0 Å². The van der Waals surface area contributed by atoms with Gasteiger partial charge in [-0.3, -0.25) is 4.79 Å². The average Bonchev–Trinajstić information content (AvgIpc) is 3.35. The topological polar surface area (TPSA) is 61.3 Å². The minimum absolute atomic E-state index is 0.0437. The van der Waals surface area contributed by atoms with Crippen LogP contribution in [0.15, 0.2) is 72.9 Å². The quantitative estimate of drug-likeness (QED) is 0.195. The number of Topliss-reactive ketones (excluding diaryl/α,β-unsaturated/α-hetero) is 1. The maximum Gasteiger partial charge on any atom is 0.213 e. The second kappa shape index (κ2) is 11.1. The number of hydrogen-bond donors (Lipinski definition) is 0. The van der Waals surface area contributed by atoms with Crippen LogP contribution >= 0.6 is 22.9 Å². The van der Waals surface area contributed by atoms with Crippen LogP contribution in [0, 0.1) is 6.92 Å². The van der Waals surface area contributed by atoms with Crippen LogP contribution in [0.1, 0.15) is 44.9 Å². The van der Waals surface area contributed by atoms with Crippen LogP contribution < -0.4 is 4.74 Å². The largest absolute Gasteiger partial charge is 0.481 e. The van der Waals surface area contributed by atoms with Crippen molar-refractivity contribution >= 4 is 38.9 Å². The Bertz CT molecular complexity index is 1700. The number of nitrogens with zero attached hydrogens (tertiary/aromatic N) is 2. The minimum Gasteiger partial charge on any atom is -0.481 e. The van der Waals surface area contributed by atoms with Gasteiger partial charge in [0.05, 0.1) is 22.9 Å². The summed E-state index contributed by atoms with van der Waals surface area (Å²) in [5.74, 6) is 0.522. The van der Waals surface area contributed by atoms with Crippen molar-refractivity contribution in [2.24, 2.45) is 0 Å². The number of thiazole rings is 1. The molecule has 0 aliphatic heterocycles. The van der Waals surface area contributed by atoms with Gasteiger partial charge in [0.1, 0.15) is 11.1 Å². The number of carbonyl (C=O) groups excluding carboxylic acids is 1. The number of aryl methyl sites for hydroxylation is 1. The second-order valence-electron chi connectivity index (χ2n) is 10.7. The highest BCUT2D eigenvalue weighted by atomic mass is 35.5. The molecule has 7 heteroatoms. The van der Waals surface area contributed by atoms with Crippen molar-refractivity contribution in [3.63, 3.8) is 0 Å². The van der Waals surface area contributed by atoms with Gasteiger partial charge in [0.15, 0.2) is 5.78 Å². The maximum absolute atomic E-state index is 13.0. The fourth-order valence-corrected chi connectivity index (χ4v) is 6.05. The Morgan fingerprint density at radius 1 is 0.950 bits per heavy atom. The number of fused-ring (bicyclic) bond motifs is 1. The van der Waals surface area contributed by atoms with Crippen molar-refractivity contribution in [2.45, 2.75) is 46.3 Å². The lowest BCUT2D eigenvalue weighted by Gasteiger charge is -2.29.